The van der Waals surface area contributed by atoms with Gasteiger partial charge in [-0.15, -0.1) is 23.7 Å². The number of hydrogen-bond donors (Lipinski definition) is 1. The summed E-state index contributed by atoms with van der Waals surface area (Å²) in [7, 11) is 0. The van der Waals surface area contributed by atoms with E-state index in [-0.39, 0.29) is 12.4 Å². The molecule has 26 heavy (non-hydrogen) atoms. The molecule has 1 heterocycles. The first-order valence-corrected chi connectivity index (χ1v) is 9.71. The molecule has 2 aromatic carbocycles. The largest absolute Gasteiger partial charge is 0.487 e. The van der Waals surface area contributed by atoms with Gasteiger partial charge in [-0.25, -0.2) is 4.98 Å². The van der Waals surface area contributed by atoms with E-state index in [2.05, 4.69) is 40.6 Å². The van der Waals surface area contributed by atoms with Crippen LogP contribution in [0.4, 0.5) is 0 Å². The van der Waals surface area contributed by atoms with Gasteiger partial charge in [-0.3, -0.25) is 0 Å². The summed E-state index contributed by atoms with van der Waals surface area (Å²) in [5.74, 6) is 0.885. The minimum atomic E-state index is 0. The average molecular weight is 387 g/mol. The maximum Gasteiger partial charge on any atom is 0.131 e. The van der Waals surface area contributed by atoms with Crippen LogP contribution in [0, 0.1) is 0 Å². The van der Waals surface area contributed by atoms with Crippen molar-refractivity contribution in [1.29, 1.82) is 0 Å². The predicted molar refractivity (Wildman–Crippen MR) is 109 cm³/mol. The smallest absolute Gasteiger partial charge is 0.131 e. The van der Waals surface area contributed by atoms with Crippen LogP contribution in [0.2, 0.25) is 0 Å². The number of halogens is 1. The molecule has 0 saturated carbocycles. The van der Waals surface area contributed by atoms with E-state index in [1.54, 1.807) is 16.9 Å². The summed E-state index contributed by atoms with van der Waals surface area (Å²) < 4.78 is 5.75. The molecule has 0 fully saturated rings. The Morgan fingerprint density at radius 1 is 0.962 bits per heavy atom. The zero-order valence-corrected chi connectivity index (χ0v) is 16.2. The summed E-state index contributed by atoms with van der Waals surface area (Å²) in [6, 6.07) is 15.2. The molecule has 0 atom stereocenters. The lowest BCUT2D eigenvalue weighted by Crippen LogP contribution is -2.12. The first-order chi connectivity index (χ1) is 12.4. The fourth-order valence-electron chi connectivity index (χ4n) is 3.26. The highest BCUT2D eigenvalue weighted by Crippen LogP contribution is 2.22. The van der Waals surface area contributed by atoms with Crippen LogP contribution < -0.4 is 10.1 Å². The van der Waals surface area contributed by atoms with Crippen LogP contribution in [0.5, 0.6) is 5.75 Å². The average Bonchev–Trinajstić information content (AvgIpc) is 3.32. The second-order valence-corrected chi connectivity index (χ2v) is 7.19. The predicted octanol–water partition coefficient (Wildman–Crippen LogP) is 4.92. The third-order valence-corrected chi connectivity index (χ3v) is 5.25. The van der Waals surface area contributed by atoms with Crippen LogP contribution in [-0.4, -0.2) is 4.98 Å². The zero-order valence-electron chi connectivity index (χ0n) is 14.6. The third-order valence-electron chi connectivity index (χ3n) is 4.61. The Morgan fingerprint density at radius 2 is 1.73 bits per heavy atom. The number of aryl methyl sites for hydroxylation is 2. The molecule has 3 nitrogen and oxygen atoms in total. The lowest BCUT2D eigenvalue weighted by atomic mass is 10.1. The quantitative estimate of drug-likeness (QED) is 0.625. The van der Waals surface area contributed by atoms with E-state index < -0.39 is 0 Å². The third kappa shape index (κ3) is 4.85. The molecular weight excluding hydrogens is 364 g/mol. The van der Waals surface area contributed by atoms with Crippen molar-refractivity contribution in [3.63, 3.8) is 0 Å². The van der Waals surface area contributed by atoms with Crippen molar-refractivity contribution in [2.24, 2.45) is 0 Å². The van der Waals surface area contributed by atoms with Crippen LogP contribution in [0.1, 0.15) is 34.4 Å². The number of fused-ring (bicyclic) bond motifs is 1. The van der Waals surface area contributed by atoms with Gasteiger partial charge in [0.15, 0.2) is 0 Å². The fraction of sp³-hybridized carbons (Fsp3) is 0.286. The molecule has 0 amide bonds. The Bertz CT molecular complexity index is 819. The lowest BCUT2D eigenvalue weighted by Gasteiger charge is -2.09. The van der Waals surface area contributed by atoms with Gasteiger partial charge in [-0.1, -0.05) is 30.3 Å². The molecule has 1 aliphatic rings. The van der Waals surface area contributed by atoms with Crippen LogP contribution in [-0.2, 0) is 32.5 Å². The number of rotatable bonds is 7. The van der Waals surface area contributed by atoms with E-state index in [4.69, 9.17) is 4.74 Å². The molecule has 0 unspecified atom stereocenters. The van der Waals surface area contributed by atoms with Gasteiger partial charge in [0.25, 0.3) is 0 Å². The summed E-state index contributed by atoms with van der Waals surface area (Å²) >= 11 is 1.59. The van der Waals surface area contributed by atoms with Gasteiger partial charge in [-0.05, 0) is 53.6 Å². The molecule has 5 heteroatoms. The number of hydrogen-bond acceptors (Lipinski definition) is 4. The highest BCUT2D eigenvalue weighted by molar-refractivity contribution is 7.07. The molecule has 0 spiro atoms. The molecule has 1 N–H and O–H groups in total. The lowest BCUT2D eigenvalue weighted by molar-refractivity contribution is 0.302. The summed E-state index contributed by atoms with van der Waals surface area (Å²) in [5, 5.41) is 5.54. The monoisotopic (exact) mass is 386 g/mol. The van der Waals surface area contributed by atoms with Crippen molar-refractivity contribution in [3.05, 3.63) is 81.3 Å². The summed E-state index contributed by atoms with van der Waals surface area (Å²) in [5.41, 5.74) is 8.53. The molecule has 1 aliphatic carbocycles. The molecule has 0 bridgehead atoms. The Kier molecular flexibility index (Phi) is 6.67. The zero-order chi connectivity index (χ0) is 16.9. The molecule has 0 radical (unpaired) electrons. The molecule has 1 aromatic heterocycles. The first kappa shape index (κ1) is 18.9. The van der Waals surface area contributed by atoms with E-state index in [9.17, 15) is 0 Å². The van der Waals surface area contributed by atoms with Crippen LogP contribution in [0.25, 0.3) is 0 Å². The number of benzene rings is 2. The molecular formula is C21H23ClN2OS. The molecule has 0 aliphatic heterocycles. The van der Waals surface area contributed by atoms with E-state index in [1.165, 1.54) is 36.0 Å². The van der Waals surface area contributed by atoms with Crippen LogP contribution >= 0.6 is 23.7 Å². The Labute approximate surface area is 164 Å². The van der Waals surface area contributed by atoms with E-state index in [0.29, 0.717) is 6.61 Å². The number of ether oxygens (including phenoxy) is 1. The molecule has 0 saturated heterocycles. The fourth-order valence-corrected chi connectivity index (χ4v) is 3.80. The number of aromatic nitrogens is 1. The summed E-state index contributed by atoms with van der Waals surface area (Å²) in [6.07, 6.45) is 3.80. The van der Waals surface area contributed by atoms with Gasteiger partial charge in [0, 0.05) is 18.5 Å². The minimum Gasteiger partial charge on any atom is -0.487 e. The normalized spacial score (nSPS) is 12.5. The van der Waals surface area contributed by atoms with Gasteiger partial charge < -0.3 is 10.1 Å². The van der Waals surface area contributed by atoms with Crippen molar-refractivity contribution in [1.82, 2.24) is 10.3 Å². The SMILES string of the molecule is Cl.c1nc(COc2ccc(CNCc3ccc4c(c3)CCC4)cc2)cs1. The van der Waals surface area contributed by atoms with Crippen molar-refractivity contribution in [2.45, 2.75) is 39.0 Å². The van der Waals surface area contributed by atoms with Gasteiger partial charge in [0.1, 0.15) is 12.4 Å². The van der Waals surface area contributed by atoms with Crippen molar-refractivity contribution in [2.75, 3.05) is 0 Å². The van der Waals surface area contributed by atoms with E-state index in [1.807, 2.05) is 23.0 Å². The summed E-state index contributed by atoms with van der Waals surface area (Å²) in [6.45, 7) is 2.30. The topological polar surface area (TPSA) is 34.1 Å². The Hall–Kier alpha value is -1.88. The number of thiazole rings is 1. The van der Waals surface area contributed by atoms with Gasteiger partial charge in [-0.2, -0.15) is 0 Å². The Morgan fingerprint density at radius 3 is 2.54 bits per heavy atom. The molecule has 4 rings (SSSR count). The van der Waals surface area contributed by atoms with Crippen molar-refractivity contribution >= 4 is 23.7 Å². The highest BCUT2D eigenvalue weighted by Gasteiger charge is 2.10. The van der Waals surface area contributed by atoms with E-state index >= 15 is 0 Å². The highest BCUT2D eigenvalue weighted by atomic mass is 35.5. The Balaban J connectivity index is 0.00000196. The summed E-state index contributed by atoms with van der Waals surface area (Å²) in [4.78, 5) is 4.22. The van der Waals surface area contributed by atoms with Gasteiger partial charge in [0.2, 0.25) is 0 Å². The standard InChI is InChI=1S/C21H22N2OS.ClH/c1-2-18-7-4-17(10-19(18)3-1)12-22-11-16-5-8-21(9-6-16)24-13-20-14-25-15-23-20;/h4-10,14-15,22H,1-3,11-13H2;1H. The van der Waals surface area contributed by atoms with E-state index in [0.717, 1.165) is 24.5 Å². The molecule has 3 aromatic rings. The number of nitrogens with zero attached hydrogens (tertiary/aromatic N) is 1. The van der Waals surface area contributed by atoms with Crippen molar-refractivity contribution in [3.8, 4) is 5.75 Å². The van der Waals surface area contributed by atoms with Crippen molar-refractivity contribution < 1.29 is 4.74 Å². The maximum atomic E-state index is 5.75. The maximum absolute atomic E-state index is 5.75. The minimum absolute atomic E-state index is 0. The first-order valence-electron chi connectivity index (χ1n) is 8.77. The number of nitrogens with one attached hydrogen (secondary N) is 1. The van der Waals surface area contributed by atoms with Crippen LogP contribution in [0.3, 0.4) is 0 Å². The van der Waals surface area contributed by atoms with Crippen LogP contribution in [0.15, 0.2) is 53.4 Å². The van der Waals surface area contributed by atoms with Gasteiger partial charge >= 0.3 is 0 Å². The second-order valence-electron chi connectivity index (χ2n) is 6.47. The van der Waals surface area contributed by atoms with Gasteiger partial charge in [0.05, 0.1) is 11.2 Å². The molecule has 136 valence electrons. The second kappa shape index (κ2) is 9.17.